The molecule has 0 fully saturated rings. The van der Waals surface area contributed by atoms with Crippen molar-refractivity contribution in [2.45, 2.75) is 27.3 Å². The lowest BCUT2D eigenvalue weighted by atomic mass is 9.98. The van der Waals surface area contributed by atoms with Crippen molar-refractivity contribution in [3.8, 4) is 0 Å². The van der Waals surface area contributed by atoms with Gasteiger partial charge >= 0.3 is 0 Å². The second kappa shape index (κ2) is 5.86. The molecule has 0 aliphatic heterocycles. The summed E-state index contributed by atoms with van der Waals surface area (Å²) in [5.41, 5.74) is 1.13. The molecule has 0 aliphatic rings. The summed E-state index contributed by atoms with van der Waals surface area (Å²) in [4.78, 5) is 0. The maximum atomic E-state index is 12.6. The van der Waals surface area contributed by atoms with Gasteiger partial charge in [-0.15, -0.1) is 0 Å². The molecule has 0 amide bonds. The van der Waals surface area contributed by atoms with Crippen LogP contribution in [0.2, 0.25) is 0 Å². The van der Waals surface area contributed by atoms with Crippen molar-refractivity contribution >= 4 is 0 Å². The topological polar surface area (TPSA) is 12.0 Å². The molecule has 15 heavy (non-hydrogen) atoms. The Labute approximate surface area is 91.7 Å². The Hall–Kier alpha value is -0.890. The van der Waals surface area contributed by atoms with E-state index in [-0.39, 0.29) is 5.82 Å². The first-order valence-corrected chi connectivity index (χ1v) is 5.54. The van der Waals surface area contributed by atoms with Crippen LogP contribution in [0.3, 0.4) is 0 Å². The van der Waals surface area contributed by atoms with Crippen molar-refractivity contribution in [1.29, 1.82) is 0 Å². The Balaban J connectivity index is 2.29. The molecule has 0 aliphatic carbocycles. The van der Waals surface area contributed by atoms with Gasteiger partial charge in [0.15, 0.2) is 0 Å². The highest BCUT2D eigenvalue weighted by Gasteiger charge is 2.05. The van der Waals surface area contributed by atoms with E-state index in [9.17, 15) is 4.39 Å². The summed E-state index contributed by atoms with van der Waals surface area (Å²) in [5.74, 6) is 1.20. The summed E-state index contributed by atoms with van der Waals surface area (Å²) in [6.45, 7) is 8.52. The molecule has 0 radical (unpaired) electrons. The molecular weight excluding hydrogens is 189 g/mol. The minimum absolute atomic E-state index is 0.172. The lowest BCUT2D eigenvalue weighted by Gasteiger charge is -2.16. The van der Waals surface area contributed by atoms with Crippen LogP contribution in [-0.4, -0.2) is 6.54 Å². The number of hydrogen-bond acceptors (Lipinski definition) is 1. The van der Waals surface area contributed by atoms with Crippen molar-refractivity contribution in [2.24, 2.45) is 11.8 Å². The zero-order chi connectivity index (χ0) is 11.3. The maximum absolute atomic E-state index is 12.6. The molecule has 84 valence electrons. The number of benzene rings is 1. The van der Waals surface area contributed by atoms with E-state index in [2.05, 4.69) is 26.1 Å². The van der Waals surface area contributed by atoms with E-state index in [0.29, 0.717) is 11.8 Å². The zero-order valence-corrected chi connectivity index (χ0v) is 9.76. The van der Waals surface area contributed by atoms with Gasteiger partial charge < -0.3 is 5.32 Å². The molecule has 0 saturated carbocycles. The summed E-state index contributed by atoms with van der Waals surface area (Å²) in [5, 5.41) is 3.38. The lowest BCUT2D eigenvalue weighted by molar-refractivity contribution is 0.392. The first-order chi connectivity index (χ1) is 7.09. The van der Waals surface area contributed by atoms with Crippen LogP contribution in [0, 0.1) is 17.7 Å². The van der Waals surface area contributed by atoms with Gasteiger partial charge in [-0.05, 0) is 36.1 Å². The SMILES string of the molecule is CC(C)[C@H](C)CNCc1ccc(F)cc1. The highest BCUT2D eigenvalue weighted by molar-refractivity contribution is 5.15. The summed E-state index contributed by atoms with van der Waals surface area (Å²) < 4.78 is 12.6. The number of hydrogen-bond donors (Lipinski definition) is 1. The molecule has 1 N–H and O–H groups in total. The minimum Gasteiger partial charge on any atom is -0.312 e. The minimum atomic E-state index is -0.172. The standard InChI is InChI=1S/C13H20FN/c1-10(2)11(3)8-15-9-12-4-6-13(14)7-5-12/h4-7,10-11,15H,8-9H2,1-3H3/t11-/m1/s1. The van der Waals surface area contributed by atoms with Crippen molar-refractivity contribution < 1.29 is 4.39 Å². The Kier molecular flexibility index (Phi) is 4.76. The predicted octanol–water partition coefficient (Wildman–Crippen LogP) is 3.21. The third kappa shape index (κ3) is 4.43. The quantitative estimate of drug-likeness (QED) is 0.785. The number of nitrogens with one attached hydrogen (secondary N) is 1. The third-order valence-corrected chi connectivity index (χ3v) is 2.85. The Morgan fingerprint density at radius 2 is 1.73 bits per heavy atom. The van der Waals surface area contributed by atoms with Gasteiger partial charge in [0.1, 0.15) is 5.82 Å². The highest BCUT2D eigenvalue weighted by atomic mass is 19.1. The van der Waals surface area contributed by atoms with Gasteiger partial charge in [0.25, 0.3) is 0 Å². The average Bonchev–Trinajstić information content (AvgIpc) is 2.20. The third-order valence-electron chi connectivity index (χ3n) is 2.85. The van der Waals surface area contributed by atoms with Gasteiger partial charge in [0, 0.05) is 6.54 Å². The van der Waals surface area contributed by atoms with Gasteiger partial charge in [-0.3, -0.25) is 0 Å². The second-order valence-corrected chi connectivity index (χ2v) is 4.48. The molecule has 0 heterocycles. The van der Waals surface area contributed by atoms with E-state index in [0.717, 1.165) is 18.7 Å². The summed E-state index contributed by atoms with van der Waals surface area (Å²) >= 11 is 0. The number of halogens is 1. The smallest absolute Gasteiger partial charge is 0.123 e. The fourth-order valence-corrected chi connectivity index (χ4v) is 1.28. The fourth-order valence-electron chi connectivity index (χ4n) is 1.28. The van der Waals surface area contributed by atoms with Crippen LogP contribution in [0.25, 0.3) is 0 Å². The zero-order valence-electron chi connectivity index (χ0n) is 9.76. The molecule has 0 unspecified atom stereocenters. The Morgan fingerprint density at radius 1 is 1.13 bits per heavy atom. The lowest BCUT2D eigenvalue weighted by Crippen LogP contribution is -2.23. The second-order valence-electron chi connectivity index (χ2n) is 4.48. The Morgan fingerprint density at radius 3 is 2.27 bits per heavy atom. The maximum Gasteiger partial charge on any atom is 0.123 e. The Bertz CT molecular complexity index is 279. The van der Waals surface area contributed by atoms with E-state index in [1.54, 1.807) is 0 Å². The summed E-state index contributed by atoms with van der Waals surface area (Å²) in [7, 11) is 0. The predicted molar refractivity (Wildman–Crippen MR) is 62.1 cm³/mol. The van der Waals surface area contributed by atoms with E-state index >= 15 is 0 Å². The van der Waals surface area contributed by atoms with Crippen molar-refractivity contribution in [3.63, 3.8) is 0 Å². The molecule has 0 spiro atoms. The largest absolute Gasteiger partial charge is 0.312 e. The molecular formula is C13H20FN. The molecule has 1 nitrogen and oxygen atoms in total. The number of rotatable bonds is 5. The van der Waals surface area contributed by atoms with Crippen LogP contribution in [0.15, 0.2) is 24.3 Å². The molecule has 1 aromatic carbocycles. The molecule has 0 bridgehead atoms. The van der Waals surface area contributed by atoms with Crippen LogP contribution < -0.4 is 5.32 Å². The van der Waals surface area contributed by atoms with Crippen molar-refractivity contribution in [2.75, 3.05) is 6.54 Å². The molecule has 0 saturated heterocycles. The normalized spacial score (nSPS) is 13.1. The molecule has 2 heteroatoms. The average molecular weight is 209 g/mol. The van der Waals surface area contributed by atoms with Gasteiger partial charge in [-0.1, -0.05) is 32.9 Å². The van der Waals surface area contributed by atoms with Crippen molar-refractivity contribution in [1.82, 2.24) is 5.32 Å². The van der Waals surface area contributed by atoms with Gasteiger partial charge in [-0.2, -0.15) is 0 Å². The summed E-state index contributed by atoms with van der Waals surface area (Å²) in [6, 6.07) is 6.65. The van der Waals surface area contributed by atoms with Crippen LogP contribution in [0.1, 0.15) is 26.3 Å². The van der Waals surface area contributed by atoms with E-state index < -0.39 is 0 Å². The van der Waals surface area contributed by atoms with Crippen molar-refractivity contribution in [3.05, 3.63) is 35.6 Å². The molecule has 1 aromatic rings. The van der Waals surface area contributed by atoms with E-state index in [4.69, 9.17) is 0 Å². The van der Waals surface area contributed by atoms with Crippen LogP contribution >= 0.6 is 0 Å². The fraction of sp³-hybridized carbons (Fsp3) is 0.538. The first kappa shape index (κ1) is 12.2. The molecule has 0 aromatic heterocycles. The first-order valence-electron chi connectivity index (χ1n) is 5.54. The van der Waals surface area contributed by atoms with Crippen LogP contribution in [0.4, 0.5) is 4.39 Å². The van der Waals surface area contributed by atoms with Crippen LogP contribution in [0.5, 0.6) is 0 Å². The molecule has 1 rings (SSSR count). The van der Waals surface area contributed by atoms with Crippen LogP contribution in [-0.2, 0) is 6.54 Å². The summed E-state index contributed by atoms with van der Waals surface area (Å²) in [6.07, 6.45) is 0. The van der Waals surface area contributed by atoms with E-state index in [1.165, 1.54) is 12.1 Å². The van der Waals surface area contributed by atoms with Gasteiger partial charge in [0.05, 0.1) is 0 Å². The molecule has 1 atom stereocenters. The van der Waals surface area contributed by atoms with Gasteiger partial charge in [-0.25, -0.2) is 4.39 Å². The highest BCUT2D eigenvalue weighted by Crippen LogP contribution is 2.08. The monoisotopic (exact) mass is 209 g/mol. The van der Waals surface area contributed by atoms with E-state index in [1.807, 2.05) is 12.1 Å². The van der Waals surface area contributed by atoms with Gasteiger partial charge in [0.2, 0.25) is 0 Å².